The summed E-state index contributed by atoms with van der Waals surface area (Å²) in [6.45, 7) is 4.83. The fourth-order valence-corrected chi connectivity index (χ4v) is 2.75. The number of carbonyl (C=O) groups excluding carboxylic acids is 1. The molecule has 0 saturated heterocycles. The Morgan fingerprint density at radius 3 is 2.10 bits per heavy atom. The molecule has 0 aliphatic rings. The standard InChI is InChI=1S/C18H20BrN3O3.C2H2O4/c1-12(2)11-20-17(13-6-4-3-5-7-13)18(23)21-16-9-8-14(22(24)25)10-15(16)19;3-1(4)2(5)6/h3-10,12,17,20H,11H2,1-2H3,(H,21,23);(H,3,4)(H,5,6). The lowest BCUT2D eigenvalue weighted by Gasteiger charge is -2.20. The van der Waals surface area contributed by atoms with Crippen molar-refractivity contribution in [1.29, 1.82) is 0 Å². The van der Waals surface area contributed by atoms with E-state index in [1.165, 1.54) is 18.2 Å². The Bertz CT molecular complexity index is 924. The first-order chi connectivity index (χ1) is 14.5. The van der Waals surface area contributed by atoms with Gasteiger partial charge in [-0.2, -0.15) is 0 Å². The molecule has 0 aliphatic heterocycles. The lowest BCUT2D eigenvalue weighted by molar-refractivity contribution is -0.384. The molecule has 1 unspecified atom stereocenters. The summed E-state index contributed by atoms with van der Waals surface area (Å²) in [5, 5.41) is 31.7. The number of hydrogen-bond donors (Lipinski definition) is 4. The van der Waals surface area contributed by atoms with Crippen LogP contribution in [0.4, 0.5) is 11.4 Å². The summed E-state index contributed by atoms with van der Waals surface area (Å²) in [4.78, 5) is 41.3. The monoisotopic (exact) mass is 495 g/mol. The topological polar surface area (TPSA) is 159 Å². The molecule has 1 atom stereocenters. The van der Waals surface area contributed by atoms with Crippen LogP contribution in [0.25, 0.3) is 0 Å². The van der Waals surface area contributed by atoms with E-state index in [0.29, 0.717) is 22.6 Å². The van der Waals surface area contributed by atoms with E-state index in [2.05, 4.69) is 40.4 Å². The largest absolute Gasteiger partial charge is 0.473 e. The number of nitrogens with zero attached hydrogens (tertiary/aromatic N) is 1. The molecule has 0 bridgehead atoms. The van der Waals surface area contributed by atoms with E-state index in [1.54, 1.807) is 0 Å². The third-order valence-electron chi connectivity index (χ3n) is 3.73. The van der Waals surface area contributed by atoms with Gasteiger partial charge in [0.15, 0.2) is 0 Å². The maximum Gasteiger partial charge on any atom is 0.414 e. The van der Waals surface area contributed by atoms with Crippen molar-refractivity contribution in [3.8, 4) is 0 Å². The predicted octanol–water partition coefficient (Wildman–Crippen LogP) is 3.44. The van der Waals surface area contributed by atoms with Crippen LogP contribution in [0, 0.1) is 16.0 Å². The molecule has 10 nitrogen and oxygen atoms in total. The fraction of sp³-hybridized carbons (Fsp3) is 0.250. The number of aliphatic carboxylic acids is 2. The summed E-state index contributed by atoms with van der Waals surface area (Å²) in [5.41, 5.74) is 1.31. The first kappa shape index (κ1) is 25.7. The zero-order chi connectivity index (χ0) is 23.6. The van der Waals surface area contributed by atoms with Crippen molar-refractivity contribution >= 4 is 45.2 Å². The van der Waals surface area contributed by atoms with E-state index < -0.39 is 22.9 Å². The molecule has 11 heteroatoms. The van der Waals surface area contributed by atoms with Crippen LogP contribution in [0.15, 0.2) is 53.0 Å². The van der Waals surface area contributed by atoms with Gasteiger partial charge in [-0.3, -0.25) is 14.9 Å². The highest BCUT2D eigenvalue weighted by Crippen LogP contribution is 2.28. The Hall–Kier alpha value is -3.31. The number of rotatable bonds is 7. The maximum absolute atomic E-state index is 12.8. The van der Waals surface area contributed by atoms with Crippen LogP contribution in [-0.4, -0.2) is 39.5 Å². The molecule has 31 heavy (non-hydrogen) atoms. The zero-order valence-electron chi connectivity index (χ0n) is 16.7. The van der Waals surface area contributed by atoms with Crippen molar-refractivity contribution in [2.75, 3.05) is 11.9 Å². The molecule has 2 aromatic rings. The molecule has 166 valence electrons. The van der Waals surface area contributed by atoms with E-state index in [-0.39, 0.29) is 11.6 Å². The summed E-state index contributed by atoms with van der Waals surface area (Å²) >= 11 is 3.27. The minimum Gasteiger partial charge on any atom is -0.473 e. The predicted molar refractivity (Wildman–Crippen MR) is 117 cm³/mol. The van der Waals surface area contributed by atoms with Gasteiger partial charge in [0, 0.05) is 16.6 Å². The first-order valence-electron chi connectivity index (χ1n) is 9.02. The number of carboxylic acids is 2. The Balaban J connectivity index is 0.000000703. The van der Waals surface area contributed by atoms with Gasteiger partial charge in [0.25, 0.3) is 5.69 Å². The number of nitro groups is 1. The number of nitrogens with one attached hydrogen (secondary N) is 2. The van der Waals surface area contributed by atoms with E-state index >= 15 is 0 Å². The zero-order valence-corrected chi connectivity index (χ0v) is 18.3. The number of carbonyl (C=O) groups is 3. The minimum absolute atomic E-state index is 0.0394. The molecule has 0 spiro atoms. The third-order valence-corrected chi connectivity index (χ3v) is 4.39. The minimum atomic E-state index is -1.82. The summed E-state index contributed by atoms with van der Waals surface area (Å²) in [7, 11) is 0. The lowest BCUT2D eigenvalue weighted by atomic mass is 10.0. The highest BCUT2D eigenvalue weighted by molar-refractivity contribution is 9.10. The SMILES string of the molecule is CC(C)CNC(C(=O)Nc1ccc([N+](=O)[O-])cc1Br)c1ccccc1.O=C(O)C(=O)O. The Morgan fingerprint density at radius 2 is 1.65 bits per heavy atom. The van der Waals surface area contributed by atoms with Gasteiger partial charge in [-0.1, -0.05) is 44.2 Å². The average Bonchev–Trinajstić information content (AvgIpc) is 2.70. The second-order valence-corrected chi connectivity index (χ2v) is 7.52. The number of anilines is 1. The molecule has 0 aromatic heterocycles. The Morgan fingerprint density at radius 1 is 1.06 bits per heavy atom. The van der Waals surface area contributed by atoms with Crippen LogP contribution in [-0.2, 0) is 14.4 Å². The van der Waals surface area contributed by atoms with Crippen molar-refractivity contribution in [2.45, 2.75) is 19.9 Å². The second-order valence-electron chi connectivity index (χ2n) is 6.67. The quantitative estimate of drug-likeness (QED) is 0.258. The van der Waals surface area contributed by atoms with Crippen LogP contribution in [0.1, 0.15) is 25.5 Å². The lowest BCUT2D eigenvalue weighted by Crippen LogP contribution is -2.35. The highest BCUT2D eigenvalue weighted by Gasteiger charge is 2.21. The van der Waals surface area contributed by atoms with Crippen LogP contribution < -0.4 is 10.6 Å². The molecule has 0 fully saturated rings. The highest BCUT2D eigenvalue weighted by atomic mass is 79.9. The third kappa shape index (κ3) is 8.93. The van der Waals surface area contributed by atoms with Crippen molar-refractivity contribution < 1.29 is 29.5 Å². The van der Waals surface area contributed by atoms with Crippen molar-refractivity contribution in [1.82, 2.24) is 5.32 Å². The van der Waals surface area contributed by atoms with Gasteiger partial charge in [-0.15, -0.1) is 0 Å². The first-order valence-corrected chi connectivity index (χ1v) is 9.81. The van der Waals surface area contributed by atoms with Crippen molar-refractivity contribution in [2.24, 2.45) is 5.92 Å². The number of hydrogen-bond acceptors (Lipinski definition) is 6. The van der Waals surface area contributed by atoms with Crippen molar-refractivity contribution in [3.63, 3.8) is 0 Å². The maximum atomic E-state index is 12.8. The van der Waals surface area contributed by atoms with Gasteiger partial charge in [0.1, 0.15) is 6.04 Å². The number of carboxylic acid groups (broad SMARTS) is 2. The number of non-ortho nitro benzene ring substituents is 1. The molecule has 0 radical (unpaired) electrons. The fourth-order valence-electron chi connectivity index (χ4n) is 2.28. The Labute approximate surface area is 186 Å². The van der Waals surface area contributed by atoms with E-state index in [0.717, 1.165) is 5.56 Å². The van der Waals surface area contributed by atoms with Crippen LogP contribution in [0.5, 0.6) is 0 Å². The molecular formula is C20H22BrN3O7. The molecule has 2 rings (SSSR count). The summed E-state index contributed by atoms with van der Waals surface area (Å²) in [5.74, 6) is -3.48. The summed E-state index contributed by atoms with van der Waals surface area (Å²) in [6, 6.07) is 13.2. The summed E-state index contributed by atoms with van der Waals surface area (Å²) < 4.78 is 0.464. The van der Waals surface area contributed by atoms with Gasteiger partial charge < -0.3 is 20.8 Å². The van der Waals surface area contributed by atoms with Gasteiger partial charge in [-0.25, -0.2) is 9.59 Å². The van der Waals surface area contributed by atoms with Gasteiger partial charge in [0.2, 0.25) is 5.91 Å². The van der Waals surface area contributed by atoms with E-state index in [1.807, 2.05) is 30.3 Å². The number of benzene rings is 2. The Kier molecular flexibility index (Phi) is 10.3. The molecule has 2 aromatic carbocycles. The van der Waals surface area contributed by atoms with Gasteiger partial charge in [0.05, 0.1) is 10.6 Å². The second kappa shape index (κ2) is 12.4. The van der Waals surface area contributed by atoms with Crippen LogP contribution >= 0.6 is 15.9 Å². The normalized spacial score (nSPS) is 11.1. The average molecular weight is 496 g/mol. The van der Waals surface area contributed by atoms with Gasteiger partial charge in [-0.05, 0) is 40.0 Å². The van der Waals surface area contributed by atoms with Crippen molar-refractivity contribution in [3.05, 3.63) is 68.7 Å². The van der Waals surface area contributed by atoms with Gasteiger partial charge >= 0.3 is 11.9 Å². The van der Waals surface area contributed by atoms with E-state index in [9.17, 15) is 14.9 Å². The molecule has 4 N–H and O–H groups in total. The number of nitro benzene ring substituents is 1. The number of amides is 1. The van der Waals surface area contributed by atoms with Crippen LogP contribution in [0.2, 0.25) is 0 Å². The van der Waals surface area contributed by atoms with Crippen LogP contribution in [0.3, 0.4) is 0 Å². The molecule has 0 saturated carbocycles. The smallest absolute Gasteiger partial charge is 0.414 e. The molecule has 1 amide bonds. The molecular weight excluding hydrogens is 474 g/mol. The van der Waals surface area contributed by atoms with E-state index in [4.69, 9.17) is 19.8 Å². The number of halogens is 1. The molecule has 0 heterocycles. The molecule has 0 aliphatic carbocycles. The summed E-state index contributed by atoms with van der Waals surface area (Å²) in [6.07, 6.45) is 0.